The third kappa shape index (κ3) is 5.70. The fourth-order valence-corrected chi connectivity index (χ4v) is 4.39. The number of nitrogen functional groups attached to an aromatic ring is 1. The molecule has 1 atom stereocenters. The zero-order valence-electron chi connectivity index (χ0n) is 21.0. The molecule has 1 unspecified atom stereocenters. The number of nitrogens with two attached hydrogens (primary N) is 1. The molecule has 192 valence electrons. The number of ketones is 1. The van der Waals surface area contributed by atoms with Crippen LogP contribution in [0.25, 0.3) is 11.3 Å². The summed E-state index contributed by atoms with van der Waals surface area (Å²) in [6.45, 7) is 5.22. The summed E-state index contributed by atoms with van der Waals surface area (Å²) in [5, 5.41) is -0.0298. The van der Waals surface area contributed by atoms with E-state index < -0.39 is 17.5 Å². The van der Waals surface area contributed by atoms with Gasteiger partial charge < -0.3 is 10.5 Å². The van der Waals surface area contributed by atoms with Gasteiger partial charge in [0.2, 0.25) is 0 Å². The normalized spacial score (nSPS) is 11.8. The van der Waals surface area contributed by atoms with E-state index in [2.05, 4.69) is 24.0 Å². The van der Waals surface area contributed by atoms with Crippen molar-refractivity contribution in [3.8, 4) is 17.0 Å². The minimum atomic E-state index is -1.52. The zero-order valence-corrected chi connectivity index (χ0v) is 22.1. The fourth-order valence-electron chi connectivity index (χ4n) is 4.09. The largest absolute Gasteiger partial charge is 0.497 e. The van der Waals surface area contributed by atoms with Gasteiger partial charge in [-0.25, -0.2) is 23.1 Å². The molecule has 1 aromatic heterocycles. The number of hydrogen-bond donors (Lipinski definition) is 1. The monoisotopic (exact) mass is 517 g/mol. The number of Topliss-reactive ketones (excluding diaryl/α,β-unsaturated/α-hetero) is 1. The van der Waals surface area contributed by atoms with Crippen molar-refractivity contribution in [3.05, 3.63) is 63.7 Å². The Bertz CT molecular complexity index is 1270. The van der Waals surface area contributed by atoms with Crippen LogP contribution in [0.15, 0.2) is 18.2 Å². The lowest BCUT2D eigenvalue weighted by Crippen LogP contribution is -2.16. The van der Waals surface area contributed by atoms with E-state index in [0.717, 1.165) is 54.1 Å². The van der Waals surface area contributed by atoms with Crippen LogP contribution in [-0.2, 0) is 30.5 Å². The summed E-state index contributed by atoms with van der Waals surface area (Å²) < 4.78 is 45.0. The van der Waals surface area contributed by atoms with E-state index in [4.69, 9.17) is 15.5 Å². The molecule has 4 rings (SSSR count). The van der Waals surface area contributed by atoms with Crippen LogP contribution in [0.3, 0.4) is 0 Å². The molecule has 0 aliphatic heterocycles. The number of anilines is 1. The molecule has 0 bridgehead atoms. The first-order valence-corrected chi connectivity index (χ1v) is 12.5. The summed E-state index contributed by atoms with van der Waals surface area (Å²) in [4.78, 5) is 20.5. The molecule has 1 aliphatic carbocycles. The molecule has 3 aromatic rings. The fraction of sp³-hybridized carbons (Fsp3) is 0.370. The number of carbonyl (C=O) groups excluding carboxylic acids is 1. The second-order valence-electron chi connectivity index (χ2n) is 8.65. The van der Waals surface area contributed by atoms with E-state index in [-0.39, 0.29) is 35.1 Å². The standard InChI is InChI=1S/C16H19N3O.C11H12F3OP/c1-3-4-14-16(17)19-13-8-5-10-9-11(20-2)6-7-12(10)15(13)18-14;1-3-6(15)4-7-5(2)11(16)10(14)9(13)8(7)12/h6-7,9H,3-5,8H2,1-2H3,(H2,17,19);3-4,16H2,1-2H3. The second-order valence-corrected chi connectivity index (χ2v) is 9.23. The number of rotatable bonds is 6. The lowest BCUT2D eigenvalue weighted by Gasteiger charge is -2.20. The molecule has 1 aliphatic rings. The number of carbonyl (C=O) groups is 1. The highest BCUT2D eigenvalue weighted by Gasteiger charge is 2.22. The maximum Gasteiger partial charge on any atom is 0.195 e. The van der Waals surface area contributed by atoms with E-state index in [9.17, 15) is 18.0 Å². The topological polar surface area (TPSA) is 78.1 Å². The van der Waals surface area contributed by atoms with Crippen LogP contribution in [0.5, 0.6) is 5.75 Å². The summed E-state index contributed by atoms with van der Waals surface area (Å²) in [7, 11) is 3.71. The van der Waals surface area contributed by atoms with Gasteiger partial charge in [0.25, 0.3) is 0 Å². The molecule has 0 amide bonds. The zero-order chi connectivity index (χ0) is 26.6. The highest BCUT2D eigenvalue weighted by molar-refractivity contribution is 7.27. The van der Waals surface area contributed by atoms with Gasteiger partial charge in [-0.1, -0.05) is 20.3 Å². The first kappa shape index (κ1) is 27.6. The average molecular weight is 518 g/mol. The Morgan fingerprint density at radius 2 is 1.83 bits per heavy atom. The van der Waals surface area contributed by atoms with Crippen LogP contribution in [0.1, 0.15) is 54.8 Å². The van der Waals surface area contributed by atoms with Crippen molar-refractivity contribution in [2.75, 3.05) is 12.8 Å². The number of aryl methyl sites for hydroxylation is 3. The molecular weight excluding hydrogens is 486 g/mol. The van der Waals surface area contributed by atoms with Gasteiger partial charge in [0.1, 0.15) is 17.4 Å². The summed E-state index contributed by atoms with van der Waals surface area (Å²) >= 11 is 0. The molecule has 1 heterocycles. The lowest BCUT2D eigenvalue weighted by molar-refractivity contribution is -0.118. The van der Waals surface area contributed by atoms with Crippen LogP contribution in [0.4, 0.5) is 19.0 Å². The molecule has 2 aromatic carbocycles. The Hall–Kier alpha value is -2.99. The van der Waals surface area contributed by atoms with Crippen LogP contribution in [-0.4, -0.2) is 22.9 Å². The summed E-state index contributed by atoms with van der Waals surface area (Å²) in [6, 6.07) is 6.15. The predicted molar refractivity (Wildman–Crippen MR) is 139 cm³/mol. The molecule has 5 nitrogen and oxygen atoms in total. The first-order chi connectivity index (χ1) is 17.1. The Morgan fingerprint density at radius 3 is 2.47 bits per heavy atom. The lowest BCUT2D eigenvalue weighted by atomic mass is 9.91. The van der Waals surface area contributed by atoms with Gasteiger partial charge in [-0.3, -0.25) is 4.79 Å². The summed E-state index contributed by atoms with van der Waals surface area (Å²) in [5.74, 6) is -2.73. The number of methoxy groups -OCH3 is 1. The molecule has 36 heavy (non-hydrogen) atoms. The SMILES string of the molecule is CCC(=O)Cc1c(C)c(P)c(F)c(F)c1F.CCCc1nc2c(nc1N)CCc1cc(OC)ccc1-2. The van der Waals surface area contributed by atoms with E-state index in [1.807, 2.05) is 15.3 Å². The number of fused-ring (bicyclic) bond motifs is 3. The number of hydrogen-bond acceptors (Lipinski definition) is 5. The third-order valence-electron chi connectivity index (χ3n) is 6.27. The van der Waals surface area contributed by atoms with Gasteiger partial charge in [0.05, 0.1) is 24.2 Å². The van der Waals surface area contributed by atoms with Gasteiger partial charge in [-0.15, -0.1) is 9.24 Å². The van der Waals surface area contributed by atoms with Crippen molar-refractivity contribution < 1.29 is 22.7 Å². The van der Waals surface area contributed by atoms with Crippen molar-refractivity contribution in [2.45, 2.75) is 59.3 Å². The highest BCUT2D eigenvalue weighted by Crippen LogP contribution is 2.34. The van der Waals surface area contributed by atoms with Crippen LogP contribution < -0.4 is 15.8 Å². The molecule has 0 saturated carbocycles. The quantitative estimate of drug-likeness (QED) is 0.358. The maximum atomic E-state index is 13.4. The molecule has 0 fully saturated rings. The third-order valence-corrected chi connectivity index (χ3v) is 6.95. The first-order valence-electron chi connectivity index (χ1n) is 11.9. The van der Waals surface area contributed by atoms with Gasteiger partial charge in [0.15, 0.2) is 17.5 Å². The van der Waals surface area contributed by atoms with E-state index in [0.29, 0.717) is 5.82 Å². The molecule has 0 radical (unpaired) electrons. The van der Waals surface area contributed by atoms with Crippen molar-refractivity contribution in [2.24, 2.45) is 0 Å². The number of halogens is 3. The summed E-state index contributed by atoms with van der Waals surface area (Å²) in [6.07, 6.45) is 3.78. The van der Waals surface area contributed by atoms with Crippen LogP contribution in [0, 0.1) is 24.4 Å². The van der Waals surface area contributed by atoms with E-state index >= 15 is 0 Å². The molecule has 9 heteroatoms. The Kier molecular flexibility index (Phi) is 9.07. The number of nitrogens with zero attached hydrogens (tertiary/aromatic N) is 2. The molecule has 0 saturated heterocycles. The predicted octanol–water partition coefficient (Wildman–Crippen LogP) is 5.22. The Morgan fingerprint density at radius 1 is 1.11 bits per heavy atom. The second kappa shape index (κ2) is 11.8. The minimum absolute atomic E-state index is 0.0298. The number of benzene rings is 2. The highest BCUT2D eigenvalue weighted by atomic mass is 31.0. The average Bonchev–Trinajstić information content (AvgIpc) is 2.89. The number of ether oxygens (including phenoxy) is 1. The summed E-state index contributed by atoms with van der Waals surface area (Å²) in [5.41, 5.74) is 11.6. The van der Waals surface area contributed by atoms with Crippen molar-refractivity contribution in [1.29, 1.82) is 0 Å². The van der Waals surface area contributed by atoms with Crippen molar-refractivity contribution >= 4 is 26.1 Å². The van der Waals surface area contributed by atoms with Crippen molar-refractivity contribution in [1.82, 2.24) is 9.97 Å². The van der Waals surface area contributed by atoms with Crippen LogP contribution >= 0.6 is 9.24 Å². The molecule has 0 spiro atoms. The van der Waals surface area contributed by atoms with E-state index in [1.165, 1.54) is 12.5 Å². The maximum absolute atomic E-state index is 13.4. The van der Waals surface area contributed by atoms with E-state index in [1.54, 1.807) is 14.0 Å². The Balaban J connectivity index is 0.000000207. The van der Waals surface area contributed by atoms with Gasteiger partial charge in [-0.2, -0.15) is 0 Å². The van der Waals surface area contributed by atoms with Gasteiger partial charge in [-0.05, 0) is 55.5 Å². The molecule has 2 N–H and O–H groups in total. The number of aromatic nitrogens is 2. The minimum Gasteiger partial charge on any atom is -0.497 e. The van der Waals surface area contributed by atoms with Gasteiger partial charge >= 0.3 is 0 Å². The van der Waals surface area contributed by atoms with Crippen LogP contribution in [0.2, 0.25) is 0 Å². The van der Waals surface area contributed by atoms with Crippen molar-refractivity contribution in [3.63, 3.8) is 0 Å². The Labute approximate surface area is 211 Å². The van der Waals surface area contributed by atoms with Gasteiger partial charge in [0, 0.05) is 29.3 Å². The smallest absolute Gasteiger partial charge is 0.195 e. The molecular formula is C27H31F3N3O2P.